The van der Waals surface area contributed by atoms with Crippen molar-refractivity contribution in [3.05, 3.63) is 58.0 Å². The van der Waals surface area contributed by atoms with Gasteiger partial charge in [-0.15, -0.1) is 0 Å². The predicted octanol–water partition coefficient (Wildman–Crippen LogP) is 6.16. The Morgan fingerprint density at radius 1 is 0.842 bits per heavy atom. The van der Waals surface area contributed by atoms with E-state index in [4.69, 9.17) is 16.0 Å². The Bertz CT molecular complexity index is 940. The number of hydrogen-bond donors (Lipinski definition) is 0. The second-order valence-electron chi connectivity index (χ2n) is 4.52. The molecule has 1 heterocycles. The fraction of sp³-hybridized carbons (Fsp3) is 0. The van der Waals surface area contributed by atoms with Gasteiger partial charge in [-0.3, -0.25) is 0 Å². The molecule has 4 aromatic rings. The molecule has 0 radical (unpaired) electrons. The van der Waals surface area contributed by atoms with Crippen molar-refractivity contribution in [1.82, 2.24) is 0 Å². The van der Waals surface area contributed by atoms with Crippen molar-refractivity contribution in [2.45, 2.75) is 0 Å². The number of halogens is 2. The van der Waals surface area contributed by atoms with Gasteiger partial charge in [0.15, 0.2) is 0 Å². The number of hydrogen-bond acceptors (Lipinski definition) is 1. The van der Waals surface area contributed by atoms with Gasteiger partial charge >= 0.3 is 0 Å². The third-order valence-corrected chi connectivity index (χ3v) is 4.19. The fourth-order valence-corrected chi connectivity index (χ4v) is 3.15. The van der Waals surface area contributed by atoms with Crippen LogP contribution in [0, 0.1) is 0 Å². The first-order valence-electron chi connectivity index (χ1n) is 5.93. The van der Waals surface area contributed by atoms with Gasteiger partial charge in [0.1, 0.15) is 11.2 Å². The summed E-state index contributed by atoms with van der Waals surface area (Å²) in [6, 6.07) is 16.1. The Morgan fingerprint density at radius 2 is 1.68 bits per heavy atom. The molecule has 0 aliphatic rings. The van der Waals surface area contributed by atoms with Gasteiger partial charge in [0, 0.05) is 31.0 Å². The van der Waals surface area contributed by atoms with Crippen LogP contribution in [0.1, 0.15) is 0 Å². The summed E-state index contributed by atoms with van der Waals surface area (Å²) in [7, 11) is 0. The molecule has 0 atom stereocenters. The van der Waals surface area contributed by atoms with E-state index in [2.05, 4.69) is 22.0 Å². The molecule has 1 nitrogen and oxygen atoms in total. The second kappa shape index (κ2) is 3.99. The van der Waals surface area contributed by atoms with E-state index in [1.807, 2.05) is 42.5 Å². The minimum Gasteiger partial charge on any atom is -0.455 e. The SMILES string of the molecule is Clc1cc2c3ccccc3oc2c2ccc(Br)cc12. The molecule has 1 aromatic heterocycles. The predicted molar refractivity (Wildman–Crippen MR) is 83.9 cm³/mol. The molecule has 3 aromatic carbocycles. The zero-order valence-corrected chi connectivity index (χ0v) is 12.1. The maximum atomic E-state index is 6.40. The van der Waals surface area contributed by atoms with Crippen LogP contribution in [0.25, 0.3) is 32.7 Å². The molecule has 0 saturated carbocycles. The molecule has 92 valence electrons. The first-order valence-corrected chi connectivity index (χ1v) is 7.10. The lowest BCUT2D eigenvalue weighted by Gasteiger charge is -2.02. The van der Waals surface area contributed by atoms with Gasteiger partial charge in [-0.1, -0.05) is 45.7 Å². The zero-order valence-electron chi connectivity index (χ0n) is 9.78. The van der Waals surface area contributed by atoms with Crippen molar-refractivity contribution in [2.24, 2.45) is 0 Å². The quantitative estimate of drug-likeness (QED) is 0.376. The number of furan rings is 1. The van der Waals surface area contributed by atoms with Gasteiger partial charge in [-0.25, -0.2) is 0 Å². The normalized spacial score (nSPS) is 11.7. The summed E-state index contributed by atoms with van der Waals surface area (Å²) >= 11 is 9.88. The van der Waals surface area contributed by atoms with Crippen molar-refractivity contribution in [3.63, 3.8) is 0 Å². The van der Waals surface area contributed by atoms with E-state index in [0.717, 1.165) is 42.2 Å². The summed E-state index contributed by atoms with van der Waals surface area (Å²) in [5.74, 6) is 0. The van der Waals surface area contributed by atoms with E-state index in [1.165, 1.54) is 0 Å². The van der Waals surface area contributed by atoms with Crippen LogP contribution in [0.3, 0.4) is 0 Å². The summed E-state index contributed by atoms with van der Waals surface area (Å²) in [6.07, 6.45) is 0. The summed E-state index contributed by atoms with van der Waals surface area (Å²) in [4.78, 5) is 0. The van der Waals surface area contributed by atoms with Gasteiger partial charge < -0.3 is 4.42 Å². The highest BCUT2D eigenvalue weighted by Gasteiger charge is 2.12. The Labute approximate surface area is 122 Å². The van der Waals surface area contributed by atoms with Crippen molar-refractivity contribution in [2.75, 3.05) is 0 Å². The minimum atomic E-state index is 0.746. The smallest absolute Gasteiger partial charge is 0.143 e. The Kier molecular flexibility index (Phi) is 2.38. The molecule has 0 spiro atoms. The van der Waals surface area contributed by atoms with Crippen molar-refractivity contribution >= 4 is 60.2 Å². The summed E-state index contributed by atoms with van der Waals surface area (Å²) < 4.78 is 7.00. The molecule has 0 unspecified atom stereocenters. The molecule has 0 N–H and O–H groups in total. The van der Waals surface area contributed by atoms with E-state index in [1.54, 1.807) is 0 Å². The first-order chi connectivity index (χ1) is 9.24. The fourth-order valence-electron chi connectivity index (χ4n) is 2.53. The van der Waals surface area contributed by atoms with Crippen LogP contribution in [0.5, 0.6) is 0 Å². The second-order valence-corrected chi connectivity index (χ2v) is 5.85. The van der Waals surface area contributed by atoms with Crippen LogP contribution in [0.4, 0.5) is 0 Å². The molecule has 0 aliphatic carbocycles. The van der Waals surface area contributed by atoms with Gasteiger partial charge in [-0.05, 0) is 30.3 Å². The van der Waals surface area contributed by atoms with Gasteiger partial charge in [-0.2, -0.15) is 0 Å². The largest absolute Gasteiger partial charge is 0.455 e. The van der Waals surface area contributed by atoms with E-state index in [9.17, 15) is 0 Å². The van der Waals surface area contributed by atoms with Crippen LogP contribution in [0.2, 0.25) is 5.02 Å². The standard InChI is InChI=1S/C16H8BrClO/c17-9-5-6-11-12(7-9)14(18)8-13-10-3-1-2-4-15(10)19-16(11)13/h1-8H. The molecule has 3 heteroatoms. The van der Waals surface area contributed by atoms with Crippen LogP contribution in [-0.2, 0) is 0 Å². The molecule has 0 saturated heterocycles. The highest BCUT2D eigenvalue weighted by atomic mass is 79.9. The first kappa shape index (κ1) is 11.3. The van der Waals surface area contributed by atoms with Crippen LogP contribution in [0.15, 0.2) is 57.4 Å². The lowest BCUT2D eigenvalue weighted by atomic mass is 10.1. The third kappa shape index (κ3) is 1.60. The Balaban J connectivity index is 2.32. The maximum Gasteiger partial charge on any atom is 0.143 e. The van der Waals surface area contributed by atoms with Crippen LogP contribution < -0.4 is 0 Å². The number of benzene rings is 3. The van der Waals surface area contributed by atoms with Gasteiger partial charge in [0.2, 0.25) is 0 Å². The summed E-state index contributed by atoms with van der Waals surface area (Å²) in [6.45, 7) is 0. The average molecular weight is 332 g/mol. The summed E-state index contributed by atoms with van der Waals surface area (Å²) in [5.41, 5.74) is 1.79. The summed E-state index contributed by atoms with van der Waals surface area (Å²) in [5, 5.41) is 4.96. The lowest BCUT2D eigenvalue weighted by Crippen LogP contribution is -1.77. The topological polar surface area (TPSA) is 13.1 Å². The highest BCUT2D eigenvalue weighted by Crippen LogP contribution is 2.38. The average Bonchev–Trinajstić information content (AvgIpc) is 2.78. The van der Waals surface area contributed by atoms with Gasteiger partial charge in [0.25, 0.3) is 0 Å². The van der Waals surface area contributed by atoms with E-state index < -0.39 is 0 Å². The minimum absolute atomic E-state index is 0.746. The van der Waals surface area contributed by atoms with Crippen LogP contribution >= 0.6 is 27.5 Å². The number of para-hydroxylation sites is 1. The molecule has 0 fully saturated rings. The van der Waals surface area contributed by atoms with Crippen LogP contribution in [-0.4, -0.2) is 0 Å². The molecular formula is C16H8BrClO. The molecule has 0 bridgehead atoms. The van der Waals surface area contributed by atoms with E-state index in [0.29, 0.717) is 0 Å². The molecule has 0 aliphatic heterocycles. The van der Waals surface area contributed by atoms with Crippen molar-refractivity contribution in [3.8, 4) is 0 Å². The van der Waals surface area contributed by atoms with Gasteiger partial charge in [0.05, 0.1) is 0 Å². The molecule has 19 heavy (non-hydrogen) atoms. The number of fused-ring (bicyclic) bond motifs is 5. The van der Waals surface area contributed by atoms with E-state index >= 15 is 0 Å². The van der Waals surface area contributed by atoms with Crippen molar-refractivity contribution in [1.29, 1.82) is 0 Å². The molecule has 4 rings (SSSR count). The Hall–Kier alpha value is -1.51. The van der Waals surface area contributed by atoms with Crippen molar-refractivity contribution < 1.29 is 4.42 Å². The third-order valence-electron chi connectivity index (χ3n) is 3.39. The monoisotopic (exact) mass is 330 g/mol. The maximum absolute atomic E-state index is 6.40. The highest BCUT2D eigenvalue weighted by molar-refractivity contribution is 9.10. The molecule has 0 amide bonds. The zero-order chi connectivity index (χ0) is 13.0. The van der Waals surface area contributed by atoms with E-state index in [-0.39, 0.29) is 0 Å². The molecular weight excluding hydrogens is 324 g/mol. The Morgan fingerprint density at radius 3 is 2.58 bits per heavy atom. The number of rotatable bonds is 0. The lowest BCUT2D eigenvalue weighted by molar-refractivity contribution is 0.672.